The van der Waals surface area contributed by atoms with Crippen LogP contribution >= 0.6 is 11.3 Å². The summed E-state index contributed by atoms with van der Waals surface area (Å²) in [6.07, 6.45) is 2.12. The van der Waals surface area contributed by atoms with E-state index < -0.39 is 10.0 Å². The predicted octanol–water partition coefficient (Wildman–Crippen LogP) is 2.31. The molecule has 1 fully saturated rings. The molecule has 2 heterocycles. The molecular formula is C18H22N4O3S2. The van der Waals surface area contributed by atoms with Gasteiger partial charge in [0.25, 0.3) is 5.91 Å². The Bertz CT molecular complexity index is 980. The van der Waals surface area contributed by atoms with Crippen molar-refractivity contribution in [3.63, 3.8) is 0 Å². The number of nitrogens with zero attached hydrogens (tertiary/aromatic N) is 3. The highest BCUT2D eigenvalue weighted by molar-refractivity contribution is 7.90. The smallest absolute Gasteiger partial charge is 0.257 e. The highest BCUT2D eigenvalue weighted by Gasteiger charge is 2.41. The molecule has 1 aromatic carbocycles. The lowest BCUT2D eigenvalue weighted by Gasteiger charge is -2.25. The highest BCUT2D eigenvalue weighted by atomic mass is 32.2. The number of sulfonamides is 1. The lowest BCUT2D eigenvalue weighted by molar-refractivity contribution is 0.102. The van der Waals surface area contributed by atoms with E-state index in [0.29, 0.717) is 30.2 Å². The Kier molecular flexibility index (Phi) is 4.69. The minimum atomic E-state index is -3.18. The summed E-state index contributed by atoms with van der Waals surface area (Å²) >= 11 is 1.36. The quantitative estimate of drug-likeness (QED) is 0.824. The lowest BCUT2D eigenvalue weighted by Crippen LogP contribution is -2.37. The Morgan fingerprint density at radius 1 is 1.33 bits per heavy atom. The molecule has 1 aliphatic heterocycles. The number of carbonyl (C=O) groups is 1. The number of nitrogens with one attached hydrogen (secondary N) is 1. The van der Waals surface area contributed by atoms with E-state index >= 15 is 0 Å². The second kappa shape index (κ2) is 6.88. The van der Waals surface area contributed by atoms with Gasteiger partial charge in [0.05, 0.1) is 10.9 Å². The maximum Gasteiger partial charge on any atom is 0.257 e. The molecule has 1 saturated carbocycles. The van der Waals surface area contributed by atoms with Gasteiger partial charge in [-0.05, 0) is 31.0 Å². The Hall–Kier alpha value is -1.97. The standard InChI is InChI=1S/C18H22N4O3S2/c1-21(2)13-5-3-4-12(10-13)17(23)20-18-19-15-8-9-22(11-16(15)26-18)27(24,25)14-6-7-14/h3-5,10,14H,6-9,11H2,1-2H3,(H,19,20,23). The van der Waals surface area contributed by atoms with Crippen molar-refractivity contribution in [3.05, 3.63) is 40.4 Å². The number of rotatable bonds is 5. The number of benzene rings is 1. The van der Waals surface area contributed by atoms with Crippen molar-refractivity contribution in [2.75, 3.05) is 30.9 Å². The van der Waals surface area contributed by atoms with Gasteiger partial charge in [-0.2, -0.15) is 4.31 Å². The molecule has 0 radical (unpaired) electrons. The molecular weight excluding hydrogens is 384 g/mol. The van der Waals surface area contributed by atoms with Gasteiger partial charge in [-0.15, -0.1) is 11.3 Å². The van der Waals surface area contributed by atoms with E-state index in [1.807, 2.05) is 37.2 Å². The minimum Gasteiger partial charge on any atom is -0.378 e. The van der Waals surface area contributed by atoms with Gasteiger partial charge in [0.2, 0.25) is 10.0 Å². The van der Waals surface area contributed by atoms with E-state index in [1.165, 1.54) is 11.3 Å². The molecule has 2 aliphatic rings. The topological polar surface area (TPSA) is 82.6 Å². The SMILES string of the molecule is CN(C)c1cccc(C(=O)Nc2nc3c(s2)CN(S(=O)(=O)C2CC2)CC3)c1. The van der Waals surface area contributed by atoms with Gasteiger partial charge in [0.15, 0.2) is 5.13 Å². The number of hydrogen-bond acceptors (Lipinski definition) is 6. The van der Waals surface area contributed by atoms with E-state index in [9.17, 15) is 13.2 Å². The fourth-order valence-corrected chi connectivity index (χ4v) is 6.02. The van der Waals surface area contributed by atoms with Crippen LogP contribution in [-0.2, 0) is 23.0 Å². The summed E-state index contributed by atoms with van der Waals surface area (Å²) in [5.41, 5.74) is 2.40. The number of anilines is 2. The minimum absolute atomic E-state index is 0.199. The molecule has 1 N–H and O–H groups in total. The zero-order chi connectivity index (χ0) is 19.2. The summed E-state index contributed by atoms with van der Waals surface area (Å²) in [7, 11) is 0.667. The van der Waals surface area contributed by atoms with Gasteiger partial charge in [-0.1, -0.05) is 6.07 Å². The number of aromatic nitrogens is 1. The number of thiazole rings is 1. The van der Waals surface area contributed by atoms with Gasteiger partial charge >= 0.3 is 0 Å². The van der Waals surface area contributed by atoms with Crippen LogP contribution in [0.1, 0.15) is 33.8 Å². The maximum atomic E-state index is 12.6. The van der Waals surface area contributed by atoms with Crippen LogP contribution in [0.5, 0.6) is 0 Å². The average Bonchev–Trinajstić information content (AvgIpc) is 3.42. The summed E-state index contributed by atoms with van der Waals surface area (Å²) < 4.78 is 26.5. The molecule has 0 unspecified atom stereocenters. The second-order valence-electron chi connectivity index (χ2n) is 7.12. The maximum absolute atomic E-state index is 12.6. The molecule has 0 saturated heterocycles. The number of hydrogen-bond donors (Lipinski definition) is 1. The molecule has 9 heteroatoms. The number of fused-ring (bicyclic) bond motifs is 1. The van der Waals surface area contributed by atoms with Crippen molar-refractivity contribution >= 4 is 38.1 Å². The Balaban J connectivity index is 1.48. The Morgan fingerprint density at radius 3 is 2.81 bits per heavy atom. The molecule has 27 heavy (non-hydrogen) atoms. The summed E-state index contributed by atoms with van der Waals surface area (Å²) in [6.45, 7) is 0.825. The van der Waals surface area contributed by atoms with E-state index in [-0.39, 0.29) is 11.2 Å². The van der Waals surface area contributed by atoms with Gasteiger partial charge in [0, 0.05) is 49.7 Å². The largest absolute Gasteiger partial charge is 0.378 e. The molecule has 1 aromatic heterocycles. The monoisotopic (exact) mass is 406 g/mol. The van der Waals surface area contributed by atoms with Crippen molar-refractivity contribution in [2.45, 2.75) is 31.1 Å². The highest BCUT2D eigenvalue weighted by Crippen LogP contribution is 2.35. The first-order valence-corrected chi connectivity index (χ1v) is 11.2. The first-order chi connectivity index (χ1) is 12.8. The zero-order valence-electron chi connectivity index (χ0n) is 15.3. The lowest BCUT2D eigenvalue weighted by atomic mass is 10.2. The van der Waals surface area contributed by atoms with Crippen molar-refractivity contribution < 1.29 is 13.2 Å². The van der Waals surface area contributed by atoms with Crippen molar-refractivity contribution in [2.24, 2.45) is 0 Å². The molecule has 0 spiro atoms. The van der Waals surface area contributed by atoms with Gasteiger partial charge in [-0.3, -0.25) is 10.1 Å². The number of carbonyl (C=O) groups excluding carboxylic acids is 1. The third kappa shape index (κ3) is 3.71. The fourth-order valence-electron chi connectivity index (χ4n) is 3.11. The van der Waals surface area contributed by atoms with Crippen LogP contribution in [0.2, 0.25) is 0 Å². The van der Waals surface area contributed by atoms with Crippen LogP contribution in [0.3, 0.4) is 0 Å². The third-order valence-corrected chi connectivity index (χ3v) is 8.19. The van der Waals surface area contributed by atoms with Crippen molar-refractivity contribution in [1.29, 1.82) is 0 Å². The Morgan fingerprint density at radius 2 is 2.11 bits per heavy atom. The predicted molar refractivity (Wildman–Crippen MR) is 107 cm³/mol. The molecule has 144 valence electrons. The van der Waals surface area contributed by atoms with Crippen LogP contribution in [0, 0.1) is 0 Å². The van der Waals surface area contributed by atoms with Crippen LogP contribution in [0.4, 0.5) is 10.8 Å². The molecule has 2 aromatic rings. The average molecular weight is 407 g/mol. The molecule has 0 atom stereocenters. The Labute approximate surface area is 163 Å². The summed E-state index contributed by atoms with van der Waals surface area (Å²) in [4.78, 5) is 19.9. The van der Waals surface area contributed by atoms with Gasteiger partial charge < -0.3 is 4.90 Å². The van der Waals surface area contributed by atoms with E-state index in [2.05, 4.69) is 10.3 Å². The zero-order valence-corrected chi connectivity index (χ0v) is 16.9. The fraction of sp³-hybridized carbons (Fsp3) is 0.444. The number of amides is 1. The third-order valence-electron chi connectivity index (χ3n) is 4.85. The van der Waals surface area contributed by atoms with E-state index in [1.54, 1.807) is 10.4 Å². The first-order valence-electron chi connectivity index (χ1n) is 8.91. The molecule has 4 rings (SSSR count). The summed E-state index contributed by atoms with van der Waals surface area (Å²) in [5.74, 6) is -0.216. The molecule has 1 aliphatic carbocycles. The molecule has 0 bridgehead atoms. The van der Waals surface area contributed by atoms with Crippen molar-refractivity contribution in [3.8, 4) is 0 Å². The van der Waals surface area contributed by atoms with Gasteiger partial charge in [-0.25, -0.2) is 13.4 Å². The van der Waals surface area contributed by atoms with E-state index in [4.69, 9.17) is 0 Å². The summed E-state index contributed by atoms with van der Waals surface area (Å²) in [5, 5.41) is 3.17. The second-order valence-corrected chi connectivity index (χ2v) is 10.4. The summed E-state index contributed by atoms with van der Waals surface area (Å²) in [6, 6.07) is 7.37. The van der Waals surface area contributed by atoms with Crippen LogP contribution < -0.4 is 10.2 Å². The molecule has 1 amide bonds. The van der Waals surface area contributed by atoms with Crippen molar-refractivity contribution in [1.82, 2.24) is 9.29 Å². The van der Waals surface area contributed by atoms with Crippen LogP contribution in [0.15, 0.2) is 24.3 Å². The van der Waals surface area contributed by atoms with Crippen LogP contribution in [0.25, 0.3) is 0 Å². The normalized spacial score (nSPS) is 17.4. The van der Waals surface area contributed by atoms with E-state index in [0.717, 1.165) is 29.1 Å². The first kappa shape index (κ1) is 18.4. The molecule has 7 nitrogen and oxygen atoms in total. The van der Waals surface area contributed by atoms with Crippen LogP contribution in [-0.4, -0.2) is 49.5 Å². The van der Waals surface area contributed by atoms with Gasteiger partial charge in [0.1, 0.15) is 0 Å².